The van der Waals surface area contributed by atoms with E-state index in [-0.39, 0.29) is 11.8 Å². The summed E-state index contributed by atoms with van der Waals surface area (Å²) >= 11 is 6.35. The smallest absolute Gasteiger partial charge is 0.253 e. The Morgan fingerprint density at radius 3 is 2.38 bits per heavy atom. The van der Waals surface area contributed by atoms with Crippen molar-refractivity contribution in [2.45, 2.75) is 39.7 Å². The Balaban J connectivity index is 1.47. The van der Waals surface area contributed by atoms with Gasteiger partial charge in [0.1, 0.15) is 0 Å². The van der Waals surface area contributed by atoms with E-state index in [0.717, 1.165) is 48.6 Å². The molecule has 1 N–H and O–H groups in total. The summed E-state index contributed by atoms with van der Waals surface area (Å²) in [4.78, 5) is 27.6. The van der Waals surface area contributed by atoms with E-state index in [0.29, 0.717) is 22.7 Å². The van der Waals surface area contributed by atoms with E-state index in [9.17, 15) is 9.59 Å². The van der Waals surface area contributed by atoms with Gasteiger partial charge in [-0.2, -0.15) is 0 Å². The number of aryl methyl sites for hydroxylation is 2. The Kier molecular flexibility index (Phi) is 6.66. The molecule has 32 heavy (non-hydrogen) atoms. The SMILES string of the molecule is Cc1ccc(C)n1-c1ccc(Cl)c(C(=O)NCc2cccc(C(=O)N3CCCCC3)c2)c1. The van der Waals surface area contributed by atoms with Gasteiger partial charge in [0, 0.05) is 42.3 Å². The van der Waals surface area contributed by atoms with Crippen LogP contribution in [0.5, 0.6) is 0 Å². The van der Waals surface area contributed by atoms with Gasteiger partial charge < -0.3 is 14.8 Å². The molecule has 0 spiro atoms. The first kappa shape index (κ1) is 22.2. The van der Waals surface area contributed by atoms with Gasteiger partial charge >= 0.3 is 0 Å². The summed E-state index contributed by atoms with van der Waals surface area (Å²) in [5.41, 5.74) is 5.05. The molecule has 5 nitrogen and oxygen atoms in total. The molecule has 1 fully saturated rings. The Bertz CT molecular complexity index is 1130. The van der Waals surface area contributed by atoms with E-state index >= 15 is 0 Å². The number of likely N-dealkylation sites (tertiary alicyclic amines) is 1. The molecule has 4 rings (SSSR count). The minimum absolute atomic E-state index is 0.0612. The molecule has 1 aliphatic rings. The number of hydrogen-bond acceptors (Lipinski definition) is 2. The van der Waals surface area contributed by atoms with Crippen LogP contribution in [0.4, 0.5) is 0 Å². The minimum atomic E-state index is -0.243. The van der Waals surface area contributed by atoms with E-state index in [1.54, 1.807) is 6.07 Å². The van der Waals surface area contributed by atoms with Crippen LogP contribution in [0.15, 0.2) is 54.6 Å². The highest BCUT2D eigenvalue weighted by Gasteiger charge is 2.18. The predicted octanol–water partition coefficient (Wildman–Crippen LogP) is 5.30. The number of carbonyl (C=O) groups is 2. The van der Waals surface area contributed by atoms with Gasteiger partial charge in [-0.05, 0) is 81.1 Å². The van der Waals surface area contributed by atoms with E-state index in [2.05, 4.69) is 9.88 Å². The third-order valence-electron chi connectivity index (χ3n) is 5.99. The normalized spacial score (nSPS) is 13.8. The van der Waals surface area contributed by atoms with Gasteiger partial charge in [-0.3, -0.25) is 9.59 Å². The molecule has 166 valence electrons. The predicted molar refractivity (Wildman–Crippen MR) is 128 cm³/mol. The molecule has 3 aromatic rings. The average Bonchev–Trinajstić information content (AvgIpc) is 3.16. The minimum Gasteiger partial charge on any atom is -0.348 e. The van der Waals surface area contributed by atoms with Crippen molar-refractivity contribution >= 4 is 23.4 Å². The number of amides is 2. The monoisotopic (exact) mass is 449 g/mol. The molecule has 0 aliphatic carbocycles. The molecule has 1 aliphatic heterocycles. The van der Waals surface area contributed by atoms with Crippen molar-refractivity contribution in [3.05, 3.63) is 87.7 Å². The Hall–Kier alpha value is -3.05. The van der Waals surface area contributed by atoms with Gasteiger partial charge in [0.15, 0.2) is 0 Å². The first-order valence-electron chi connectivity index (χ1n) is 11.1. The van der Waals surface area contributed by atoms with Gasteiger partial charge in [0.2, 0.25) is 0 Å². The molecule has 0 atom stereocenters. The number of benzene rings is 2. The van der Waals surface area contributed by atoms with Crippen LogP contribution in [0.25, 0.3) is 5.69 Å². The van der Waals surface area contributed by atoms with Gasteiger partial charge in [-0.25, -0.2) is 0 Å². The van der Waals surface area contributed by atoms with Crippen molar-refractivity contribution in [1.29, 1.82) is 0 Å². The highest BCUT2D eigenvalue weighted by Crippen LogP contribution is 2.23. The molecule has 2 amide bonds. The fourth-order valence-corrected chi connectivity index (χ4v) is 4.48. The van der Waals surface area contributed by atoms with Gasteiger partial charge in [-0.15, -0.1) is 0 Å². The molecule has 6 heteroatoms. The molecule has 0 bridgehead atoms. The number of rotatable bonds is 5. The summed E-state index contributed by atoms with van der Waals surface area (Å²) in [6, 6.07) is 17.0. The van der Waals surface area contributed by atoms with E-state index < -0.39 is 0 Å². The van der Waals surface area contributed by atoms with Crippen molar-refractivity contribution < 1.29 is 9.59 Å². The summed E-state index contributed by atoms with van der Waals surface area (Å²) in [5.74, 6) is -0.182. The van der Waals surface area contributed by atoms with Gasteiger partial charge in [0.05, 0.1) is 10.6 Å². The number of hydrogen-bond donors (Lipinski definition) is 1. The molecule has 2 heterocycles. The molecule has 1 saturated heterocycles. The van der Waals surface area contributed by atoms with Crippen molar-refractivity contribution in [2.24, 2.45) is 0 Å². The molecular weight excluding hydrogens is 422 g/mol. The quantitative estimate of drug-likeness (QED) is 0.574. The molecule has 0 saturated carbocycles. The molecule has 2 aromatic carbocycles. The highest BCUT2D eigenvalue weighted by molar-refractivity contribution is 6.33. The maximum atomic E-state index is 12.9. The second kappa shape index (κ2) is 9.61. The van der Waals surface area contributed by atoms with E-state index in [1.165, 1.54) is 6.42 Å². The fourth-order valence-electron chi connectivity index (χ4n) is 4.27. The second-order valence-electron chi connectivity index (χ2n) is 8.35. The number of nitrogens with one attached hydrogen (secondary N) is 1. The Labute approximate surface area is 194 Å². The number of carbonyl (C=O) groups excluding carboxylic acids is 2. The summed E-state index contributed by atoms with van der Waals surface area (Å²) < 4.78 is 2.09. The summed E-state index contributed by atoms with van der Waals surface area (Å²) in [7, 11) is 0. The zero-order valence-corrected chi connectivity index (χ0v) is 19.3. The fraction of sp³-hybridized carbons (Fsp3) is 0.308. The third kappa shape index (κ3) is 4.73. The van der Waals surface area contributed by atoms with Crippen molar-refractivity contribution in [1.82, 2.24) is 14.8 Å². The van der Waals surface area contributed by atoms with E-state index in [4.69, 9.17) is 11.6 Å². The van der Waals surface area contributed by atoms with Crippen LogP contribution in [-0.2, 0) is 6.54 Å². The van der Waals surface area contributed by atoms with Gasteiger partial charge in [0.25, 0.3) is 11.8 Å². The number of nitrogens with zero attached hydrogens (tertiary/aromatic N) is 2. The number of aromatic nitrogens is 1. The second-order valence-corrected chi connectivity index (χ2v) is 8.76. The standard InChI is InChI=1S/C26H28ClN3O2/c1-18-9-10-19(2)30(18)22-11-12-24(27)23(16-22)25(31)28-17-20-7-6-8-21(15-20)26(32)29-13-4-3-5-14-29/h6-12,15-16H,3-5,13-14,17H2,1-2H3,(H,28,31). The lowest BCUT2D eigenvalue weighted by Crippen LogP contribution is -2.35. The molecular formula is C26H28ClN3O2. The van der Waals surface area contributed by atoms with Crippen molar-refractivity contribution in [2.75, 3.05) is 13.1 Å². The molecule has 0 radical (unpaired) electrons. The lowest BCUT2D eigenvalue weighted by atomic mass is 10.1. The maximum absolute atomic E-state index is 12.9. The lowest BCUT2D eigenvalue weighted by molar-refractivity contribution is 0.0724. The van der Waals surface area contributed by atoms with Crippen LogP contribution >= 0.6 is 11.6 Å². The Morgan fingerprint density at radius 1 is 0.938 bits per heavy atom. The van der Waals surface area contributed by atoms with Crippen LogP contribution in [-0.4, -0.2) is 34.4 Å². The highest BCUT2D eigenvalue weighted by atomic mass is 35.5. The molecule has 1 aromatic heterocycles. The molecule has 0 unspecified atom stereocenters. The average molecular weight is 450 g/mol. The summed E-state index contributed by atoms with van der Waals surface area (Å²) in [6.07, 6.45) is 3.30. The zero-order chi connectivity index (χ0) is 22.7. The first-order chi connectivity index (χ1) is 15.4. The van der Waals surface area contributed by atoms with Crippen LogP contribution in [0.2, 0.25) is 5.02 Å². The third-order valence-corrected chi connectivity index (χ3v) is 6.32. The summed E-state index contributed by atoms with van der Waals surface area (Å²) in [6.45, 7) is 6.01. The van der Waals surface area contributed by atoms with Crippen LogP contribution in [0.3, 0.4) is 0 Å². The van der Waals surface area contributed by atoms with Crippen molar-refractivity contribution in [3.63, 3.8) is 0 Å². The first-order valence-corrected chi connectivity index (χ1v) is 11.4. The van der Waals surface area contributed by atoms with Crippen molar-refractivity contribution in [3.8, 4) is 5.69 Å². The maximum Gasteiger partial charge on any atom is 0.253 e. The van der Waals surface area contributed by atoms with Crippen LogP contribution in [0, 0.1) is 13.8 Å². The van der Waals surface area contributed by atoms with Crippen LogP contribution in [0.1, 0.15) is 56.9 Å². The largest absolute Gasteiger partial charge is 0.348 e. The van der Waals surface area contributed by atoms with Gasteiger partial charge in [-0.1, -0.05) is 23.7 Å². The lowest BCUT2D eigenvalue weighted by Gasteiger charge is -2.26. The van der Waals surface area contributed by atoms with Crippen LogP contribution < -0.4 is 5.32 Å². The topological polar surface area (TPSA) is 54.3 Å². The summed E-state index contributed by atoms with van der Waals surface area (Å²) in [5, 5.41) is 3.35. The number of piperidine rings is 1. The zero-order valence-electron chi connectivity index (χ0n) is 18.5. The number of halogens is 1. The Morgan fingerprint density at radius 2 is 1.66 bits per heavy atom. The van der Waals surface area contributed by atoms with E-state index in [1.807, 2.05) is 67.3 Å².